The Morgan fingerprint density at radius 1 is 1.64 bits per heavy atom. The van der Waals surface area contributed by atoms with Crippen LogP contribution in [0, 0.1) is 0 Å². The summed E-state index contributed by atoms with van der Waals surface area (Å²) in [5.74, 6) is -0.776. The summed E-state index contributed by atoms with van der Waals surface area (Å²) in [6.45, 7) is 0. The quantitative estimate of drug-likeness (QED) is 0.747. The molecule has 76 valence electrons. The van der Waals surface area contributed by atoms with Gasteiger partial charge in [0, 0.05) is 18.1 Å². The molecular formula is C9H9ClO4. The molecule has 1 aromatic rings. The van der Waals surface area contributed by atoms with E-state index in [1.807, 2.05) is 0 Å². The number of carboxylic acid groups (broad SMARTS) is 1. The summed E-state index contributed by atoms with van der Waals surface area (Å²) in [5.41, 5.74) is -1.54. The lowest BCUT2D eigenvalue weighted by atomic mass is 9.83. The molecule has 1 aliphatic rings. The van der Waals surface area contributed by atoms with Gasteiger partial charge in [-0.1, -0.05) is 0 Å². The summed E-state index contributed by atoms with van der Waals surface area (Å²) in [4.78, 5) is 10.9. The van der Waals surface area contributed by atoms with Crippen molar-refractivity contribution in [3.63, 3.8) is 0 Å². The minimum absolute atomic E-state index is 0.122. The van der Waals surface area contributed by atoms with E-state index in [-0.39, 0.29) is 11.6 Å². The van der Waals surface area contributed by atoms with Gasteiger partial charge in [0.25, 0.3) is 0 Å². The lowest BCUT2D eigenvalue weighted by Gasteiger charge is -2.26. The first-order valence-corrected chi connectivity index (χ1v) is 4.66. The molecule has 0 saturated heterocycles. The number of aryl methyl sites for hydroxylation is 1. The van der Waals surface area contributed by atoms with Gasteiger partial charge in [0.15, 0.2) is 10.8 Å². The van der Waals surface area contributed by atoms with Crippen LogP contribution in [0.15, 0.2) is 10.5 Å². The number of hydrogen-bond donors (Lipinski definition) is 2. The highest BCUT2D eigenvalue weighted by atomic mass is 35.5. The fourth-order valence-corrected chi connectivity index (χ4v) is 2.00. The maximum absolute atomic E-state index is 10.9. The molecule has 5 heteroatoms. The van der Waals surface area contributed by atoms with Crippen molar-refractivity contribution in [1.82, 2.24) is 0 Å². The third kappa shape index (κ3) is 1.22. The number of hydrogen-bond acceptors (Lipinski definition) is 3. The van der Waals surface area contributed by atoms with Crippen LogP contribution in [0.1, 0.15) is 24.2 Å². The molecule has 14 heavy (non-hydrogen) atoms. The van der Waals surface area contributed by atoms with Crippen LogP contribution in [-0.4, -0.2) is 16.2 Å². The van der Waals surface area contributed by atoms with E-state index in [4.69, 9.17) is 21.1 Å². The number of fused-ring (bicyclic) bond motifs is 1. The van der Waals surface area contributed by atoms with Crippen molar-refractivity contribution in [1.29, 1.82) is 0 Å². The molecule has 1 aliphatic carbocycles. The standard InChI is InChI=1S/C9H9ClO4/c10-7-4-5-6(14-7)2-1-3-9(5,13)8(11)12/h4,13H,1-3H2,(H,11,12). The molecule has 0 bridgehead atoms. The van der Waals surface area contributed by atoms with E-state index in [0.717, 1.165) is 0 Å². The van der Waals surface area contributed by atoms with Crippen molar-refractivity contribution in [3.8, 4) is 0 Å². The van der Waals surface area contributed by atoms with Crippen LogP contribution in [0.2, 0.25) is 5.22 Å². The van der Waals surface area contributed by atoms with E-state index < -0.39 is 11.6 Å². The van der Waals surface area contributed by atoms with Crippen LogP contribution in [0.25, 0.3) is 0 Å². The molecule has 1 atom stereocenters. The average Bonchev–Trinajstić information content (AvgIpc) is 2.47. The van der Waals surface area contributed by atoms with Crippen LogP contribution in [-0.2, 0) is 16.8 Å². The van der Waals surface area contributed by atoms with Gasteiger partial charge < -0.3 is 14.6 Å². The number of rotatable bonds is 1. The molecule has 0 fully saturated rings. The summed E-state index contributed by atoms with van der Waals surface area (Å²) in [7, 11) is 0. The molecule has 0 aliphatic heterocycles. The molecule has 0 aromatic carbocycles. The smallest absolute Gasteiger partial charge is 0.340 e. The molecule has 4 nitrogen and oxygen atoms in total. The van der Waals surface area contributed by atoms with Crippen molar-refractivity contribution < 1.29 is 19.4 Å². The molecule has 0 radical (unpaired) electrons. The van der Waals surface area contributed by atoms with Crippen LogP contribution in [0.4, 0.5) is 0 Å². The highest BCUT2D eigenvalue weighted by molar-refractivity contribution is 6.29. The van der Waals surface area contributed by atoms with Gasteiger partial charge in [-0.2, -0.15) is 0 Å². The normalized spacial score (nSPS) is 25.9. The SMILES string of the molecule is O=C(O)C1(O)CCCc2oc(Cl)cc21. The monoisotopic (exact) mass is 216 g/mol. The Morgan fingerprint density at radius 2 is 2.36 bits per heavy atom. The third-order valence-electron chi connectivity index (χ3n) is 2.52. The first-order chi connectivity index (χ1) is 6.54. The highest BCUT2D eigenvalue weighted by Gasteiger charge is 2.43. The lowest BCUT2D eigenvalue weighted by molar-refractivity contribution is -0.161. The number of furan rings is 1. The second kappa shape index (κ2) is 3.00. The number of carbonyl (C=O) groups is 1. The minimum Gasteiger partial charge on any atom is -0.479 e. The Hall–Kier alpha value is -1.00. The summed E-state index contributed by atoms with van der Waals surface area (Å²) in [6, 6.07) is 1.38. The summed E-state index contributed by atoms with van der Waals surface area (Å²) in [6.07, 6.45) is 1.41. The molecule has 1 heterocycles. The molecule has 0 saturated carbocycles. The first-order valence-electron chi connectivity index (χ1n) is 4.28. The Balaban J connectivity index is 2.54. The number of aliphatic hydroxyl groups is 1. The predicted molar refractivity (Wildman–Crippen MR) is 48.2 cm³/mol. The Kier molecular flexibility index (Phi) is 2.05. The fraction of sp³-hybridized carbons (Fsp3) is 0.444. The molecule has 2 rings (SSSR count). The summed E-state index contributed by atoms with van der Waals surface area (Å²) >= 11 is 5.61. The van der Waals surface area contributed by atoms with Crippen molar-refractivity contribution in [3.05, 3.63) is 22.6 Å². The van der Waals surface area contributed by atoms with E-state index in [0.29, 0.717) is 24.2 Å². The summed E-state index contributed by atoms with van der Waals surface area (Å²) < 4.78 is 5.09. The fourth-order valence-electron chi connectivity index (χ4n) is 1.79. The van der Waals surface area contributed by atoms with Crippen LogP contribution in [0.3, 0.4) is 0 Å². The highest BCUT2D eigenvalue weighted by Crippen LogP contribution is 2.38. The number of aliphatic carboxylic acids is 1. The topological polar surface area (TPSA) is 70.7 Å². The van der Waals surface area contributed by atoms with Gasteiger partial charge in [0.2, 0.25) is 0 Å². The third-order valence-corrected chi connectivity index (χ3v) is 2.71. The molecule has 1 unspecified atom stereocenters. The van der Waals surface area contributed by atoms with E-state index in [1.165, 1.54) is 6.07 Å². The zero-order valence-corrected chi connectivity index (χ0v) is 8.04. The Morgan fingerprint density at radius 3 is 3.00 bits per heavy atom. The largest absolute Gasteiger partial charge is 0.479 e. The number of halogens is 1. The van der Waals surface area contributed by atoms with Gasteiger partial charge in [-0.3, -0.25) is 0 Å². The van der Waals surface area contributed by atoms with Gasteiger partial charge in [0.05, 0.1) is 0 Å². The van der Waals surface area contributed by atoms with Crippen LogP contribution >= 0.6 is 11.6 Å². The van der Waals surface area contributed by atoms with Gasteiger partial charge in [0.1, 0.15) is 5.76 Å². The van der Waals surface area contributed by atoms with Crippen molar-refractivity contribution in [2.45, 2.75) is 24.9 Å². The van der Waals surface area contributed by atoms with Gasteiger partial charge in [-0.05, 0) is 24.4 Å². The van der Waals surface area contributed by atoms with Gasteiger partial charge in [-0.25, -0.2) is 4.79 Å². The molecule has 1 aromatic heterocycles. The molecule has 2 N–H and O–H groups in total. The second-order valence-corrected chi connectivity index (χ2v) is 3.78. The van der Waals surface area contributed by atoms with Crippen molar-refractivity contribution >= 4 is 17.6 Å². The first kappa shape index (κ1) is 9.55. The maximum atomic E-state index is 10.9. The summed E-state index contributed by atoms with van der Waals surface area (Å²) in [5, 5.41) is 18.9. The van der Waals surface area contributed by atoms with E-state index >= 15 is 0 Å². The number of carboxylic acids is 1. The van der Waals surface area contributed by atoms with E-state index in [9.17, 15) is 9.90 Å². The van der Waals surface area contributed by atoms with Crippen LogP contribution < -0.4 is 0 Å². The maximum Gasteiger partial charge on any atom is 0.340 e. The van der Waals surface area contributed by atoms with Gasteiger partial charge >= 0.3 is 5.97 Å². The van der Waals surface area contributed by atoms with Crippen LogP contribution in [0.5, 0.6) is 0 Å². The second-order valence-electron chi connectivity index (χ2n) is 3.41. The molecule has 0 spiro atoms. The van der Waals surface area contributed by atoms with E-state index in [2.05, 4.69) is 0 Å². The zero-order chi connectivity index (χ0) is 10.3. The average molecular weight is 217 g/mol. The zero-order valence-electron chi connectivity index (χ0n) is 7.29. The van der Waals surface area contributed by atoms with Gasteiger partial charge in [-0.15, -0.1) is 0 Å². The van der Waals surface area contributed by atoms with Crippen molar-refractivity contribution in [2.24, 2.45) is 0 Å². The molecular weight excluding hydrogens is 208 g/mol. The lowest BCUT2D eigenvalue weighted by Crippen LogP contribution is -2.38. The predicted octanol–water partition coefficient (Wildman–Crippen LogP) is 1.54. The Bertz CT molecular complexity index is 384. The minimum atomic E-state index is -1.83. The Labute approximate surface area is 85.1 Å². The molecule has 0 amide bonds. The van der Waals surface area contributed by atoms with E-state index in [1.54, 1.807) is 0 Å². The van der Waals surface area contributed by atoms with Crippen molar-refractivity contribution in [2.75, 3.05) is 0 Å².